The van der Waals surface area contributed by atoms with Crippen LogP contribution in [0, 0.1) is 0 Å². The van der Waals surface area contributed by atoms with Gasteiger partial charge < -0.3 is 10.2 Å². The average molecular weight is 213 g/mol. The molecule has 0 unspecified atom stereocenters. The SMILES string of the molecule is C[C@H]1CN(c2nccc(Cl)n2)CCN1. The minimum Gasteiger partial charge on any atom is -0.338 e. The first kappa shape index (κ1) is 9.68. The summed E-state index contributed by atoms with van der Waals surface area (Å²) in [6.07, 6.45) is 1.69. The van der Waals surface area contributed by atoms with Gasteiger partial charge in [-0.2, -0.15) is 0 Å². The largest absolute Gasteiger partial charge is 0.338 e. The van der Waals surface area contributed by atoms with Crippen LogP contribution in [-0.2, 0) is 0 Å². The molecule has 1 aliphatic rings. The van der Waals surface area contributed by atoms with Crippen LogP contribution in [0.15, 0.2) is 12.3 Å². The highest BCUT2D eigenvalue weighted by molar-refractivity contribution is 6.29. The lowest BCUT2D eigenvalue weighted by Crippen LogP contribution is -2.49. The van der Waals surface area contributed by atoms with E-state index in [2.05, 4.69) is 27.1 Å². The van der Waals surface area contributed by atoms with E-state index in [4.69, 9.17) is 11.6 Å². The van der Waals surface area contributed by atoms with Gasteiger partial charge in [-0.05, 0) is 13.0 Å². The van der Waals surface area contributed by atoms with Gasteiger partial charge in [0, 0.05) is 31.9 Å². The number of nitrogens with zero attached hydrogens (tertiary/aromatic N) is 3. The van der Waals surface area contributed by atoms with E-state index in [1.165, 1.54) is 0 Å². The van der Waals surface area contributed by atoms with Crippen molar-refractivity contribution in [3.05, 3.63) is 17.4 Å². The summed E-state index contributed by atoms with van der Waals surface area (Å²) in [4.78, 5) is 10.5. The summed E-state index contributed by atoms with van der Waals surface area (Å²) in [5.41, 5.74) is 0. The Morgan fingerprint density at radius 3 is 3.21 bits per heavy atom. The molecule has 0 spiro atoms. The Morgan fingerprint density at radius 1 is 1.64 bits per heavy atom. The van der Waals surface area contributed by atoms with Gasteiger partial charge in [-0.15, -0.1) is 0 Å². The Morgan fingerprint density at radius 2 is 2.50 bits per heavy atom. The fourth-order valence-electron chi connectivity index (χ4n) is 1.59. The van der Waals surface area contributed by atoms with Crippen LogP contribution in [0.4, 0.5) is 5.95 Å². The fourth-order valence-corrected chi connectivity index (χ4v) is 1.73. The second-order valence-corrected chi connectivity index (χ2v) is 3.87. The normalized spacial score (nSPS) is 22.4. The molecule has 1 fully saturated rings. The van der Waals surface area contributed by atoms with Gasteiger partial charge >= 0.3 is 0 Å². The molecule has 1 saturated heterocycles. The molecule has 0 radical (unpaired) electrons. The van der Waals surface area contributed by atoms with Crippen molar-refractivity contribution in [2.75, 3.05) is 24.5 Å². The summed E-state index contributed by atoms with van der Waals surface area (Å²) in [6, 6.07) is 2.17. The molecule has 5 heteroatoms. The van der Waals surface area contributed by atoms with Crippen molar-refractivity contribution in [2.45, 2.75) is 13.0 Å². The molecule has 2 rings (SSSR count). The molecule has 2 heterocycles. The quantitative estimate of drug-likeness (QED) is 0.704. The number of nitrogens with one attached hydrogen (secondary N) is 1. The van der Waals surface area contributed by atoms with Gasteiger partial charge in [0.05, 0.1) is 0 Å². The third kappa shape index (κ3) is 2.13. The van der Waals surface area contributed by atoms with Gasteiger partial charge in [0.15, 0.2) is 0 Å². The number of rotatable bonds is 1. The standard InChI is InChI=1S/C9H13ClN4/c1-7-6-14(5-4-11-7)9-12-3-2-8(10)13-9/h2-3,7,11H,4-6H2,1H3/t7-/m0/s1. The van der Waals surface area contributed by atoms with Gasteiger partial charge in [-0.25, -0.2) is 9.97 Å². The van der Waals surface area contributed by atoms with Crippen molar-refractivity contribution < 1.29 is 0 Å². The van der Waals surface area contributed by atoms with E-state index in [0.717, 1.165) is 25.6 Å². The molecule has 4 nitrogen and oxygen atoms in total. The molecule has 0 amide bonds. The maximum Gasteiger partial charge on any atom is 0.226 e. The number of halogens is 1. The maximum absolute atomic E-state index is 5.81. The first-order chi connectivity index (χ1) is 6.75. The number of hydrogen-bond donors (Lipinski definition) is 1. The van der Waals surface area contributed by atoms with Crippen LogP contribution in [0.25, 0.3) is 0 Å². The fraction of sp³-hybridized carbons (Fsp3) is 0.556. The molecule has 0 aliphatic carbocycles. The smallest absolute Gasteiger partial charge is 0.226 e. The Hall–Kier alpha value is -0.870. The van der Waals surface area contributed by atoms with E-state index in [-0.39, 0.29) is 0 Å². The van der Waals surface area contributed by atoms with Crippen LogP contribution in [0.3, 0.4) is 0 Å². The topological polar surface area (TPSA) is 41.1 Å². The first-order valence-electron chi connectivity index (χ1n) is 4.72. The minimum absolute atomic E-state index is 0.478. The van der Waals surface area contributed by atoms with Crippen LogP contribution in [0.1, 0.15) is 6.92 Å². The van der Waals surface area contributed by atoms with Crippen molar-refractivity contribution in [1.29, 1.82) is 0 Å². The zero-order chi connectivity index (χ0) is 9.97. The van der Waals surface area contributed by atoms with Gasteiger partial charge in [0.25, 0.3) is 0 Å². The Balaban J connectivity index is 2.14. The van der Waals surface area contributed by atoms with Gasteiger partial charge in [0.1, 0.15) is 5.15 Å². The van der Waals surface area contributed by atoms with Crippen molar-refractivity contribution in [1.82, 2.24) is 15.3 Å². The van der Waals surface area contributed by atoms with E-state index in [1.54, 1.807) is 12.3 Å². The van der Waals surface area contributed by atoms with E-state index in [1.807, 2.05) is 0 Å². The van der Waals surface area contributed by atoms with Crippen molar-refractivity contribution in [3.8, 4) is 0 Å². The highest BCUT2D eigenvalue weighted by Crippen LogP contribution is 2.12. The molecule has 14 heavy (non-hydrogen) atoms. The highest BCUT2D eigenvalue weighted by atomic mass is 35.5. The summed E-state index contributed by atoms with van der Waals surface area (Å²) >= 11 is 5.81. The number of hydrogen-bond acceptors (Lipinski definition) is 4. The monoisotopic (exact) mass is 212 g/mol. The second-order valence-electron chi connectivity index (χ2n) is 3.48. The highest BCUT2D eigenvalue weighted by Gasteiger charge is 2.17. The Bertz CT molecular complexity index is 317. The van der Waals surface area contributed by atoms with Crippen molar-refractivity contribution in [3.63, 3.8) is 0 Å². The van der Waals surface area contributed by atoms with Crippen LogP contribution >= 0.6 is 11.6 Å². The van der Waals surface area contributed by atoms with E-state index >= 15 is 0 Å². The molecule has 0 aromatic carbocycles. The molecule has 0 saturated carbocycles. The molecular weight excluding hydrogens is 200 g/mol. The summed E-state index contributed by atoms with van der Waals surface area (Å²) in [7, 11) is 0. The lowest BCUT2D eigenvalue weighted by atomic mass is 10.2. The molecular formula is C9H13ClN4. The number of anilines is 1. The molecule has 1 aliphatic heterocycles. The zero-order valence-electron chi connectivity index (χ0n) is 8.07. The summed E-state index contributed by atoms with van der Waals surface area (Å²) < 4.78 is 0. The first-order valence-corrected chi connectivity index (χ1v) is 5.10. The predicted molar refractivity (Wildman–Crippen MR) is 56.7 cm³/mol. The predicted octanol–water partition coefficient (Wildman–Crippen LogP) is 0.928. The van der Waals surface area contributed by atoms with Crippen LogP contribution in [-0.4, -0.2) is 35.6 Å². The molecule has 1 atom stereocenters. The summed E-state index contributed by atoms with van der Waals surface area (Å²) in [5.74, 6) is 0.728. The van der Waals surface area contributed by atoms with Crippen LogP contribution in [0.2, 0.25) is 5.15 Å². The van der Waals surface area contributed by atoms with E-state index in [0.29, 0.717) is 11.2 Å². The summed E-state index contributed by atoms with van der Waals surface area (Å²) in [5, 5.41) is 3.87. The van der Waals surface area contributed by atoms with Crippen LogP contribution in [0.5, 0.6) is 0 Å². The molecule has 1 aromatic heterocycles. The van der Waals surface area contributed by atoms with Gasteiger partial charge in [-0.1, -0.05) is 11.6 Å². The van der Waals surface area contributed by atoms with Gasteiger partial charge in [-0.3, -0.25) is 0 Å². The molecule has 76 valence electrons. The maximum atomic E-state index is 5.81. The summed E-state index contributed by atoms with van der Waals surface area (Å²) in [6.45, 7) is 4.98. The lowest BCUT2D eigenvalue weighted by Gasteiger charge is -2.31. The third-order valence-corrected chi connectivity index (χ3v) is 2.47. The van der Waals surface area contributed by atoms with E-state index in [9.17, 15) is 0 Å². The number of aromatic nitrogens is 2. The third-order valence-electron chi connectivity index (χ3n) is 2.26. The second kappa shape index (κ2) is 4.11. The molecule has 0 bridgehead atoms. The van der Waals surface area contributed by atoms with Crippen LogP contribution < -0.4 is 10.2 Å². The van der Waals surface area contributed by atoms with Crippen molar-refractivity contribution in [2.24, 2.45) is 0 Å². The number of piperazine rings is 1. The lowest BCUT2D eigenvalue weighted by molar-refractivity contribution is 0.479. The molecule has 1 aromatic rings. The molecule has 1 N–H and O–H groups in total. The van der Waals surface area contributed by atoms with Crippen molar-refractivity contribution >= 4 is 17.5 Å². The van der Waals surface area contributed by atoms with E-state index < -0.39 is 0 Å². The zero-order valence-corrected chi connectivity index (χ0v) is 8.83. The average Bonchev–Trinajstić information content (AvgIpc) is 2.18. The Labute approximate surface area is 88.3 Å². The minimum atomic E-state index is 0.478. The Kier molecular flexibility index (Phi) is 2.84. The van der Waals surface area contributed by atoms with Gasteiger partial charge in [0.2, 0.25) is 5.95 Å².